The Balaban J connectivity index is 1.49. The van der Waals surface area contributed by atoms with Gasteiger partial charge < -0.3 is 29.9 Å². The van der Waals surface area contributed by atoms with E-state index in [2.05, 4.69) is 15.4 Å². The fourth-order valence-corrected chi connectivity index (χ4v) is 4.46. The SMILES string of the molecule is COC(=O)OC1CC(C(=O)Nc2ccc(N3CCCCC3=O)cc2F)N(C(=O)Nc2ccc(Cl)cc2)C1. The van der Waals surface area contributed by atoms with E-state index < -0.39 is 36.1 Å². The lowest BCUT2D eigenvalue weighted by Crippen LogP contribution is -2.45. The second-order valence-electron chi connectivity index (χ2n) is 8.69. The van der Waals surface area contributed by atoms with Crippen LogP contribution in [0.4, 0.5) is 31.0 Å². The third-order valence-corrected chi connectivity index (χ3v) is 6.45. The molecule has 2 aliphatic heterocycles. The van der Waals surface area contributed by atoms with E-state index in [1.807, 2.05) is 0 Å². The van der Waals surface area contributed by atoms with E-state index in [1.54, 1.807) is 30.3 Å². The molecule has 2 N–H and O–H groups in total. The number of hydrogen-bond donors (Lipinski definition) is 2. The van der Waals surface area contributed by atoms with Gasteiger partial charge in [-0.05, 0) is 55.3 Å². The van der Waals surface area contributed by atoms with E-state index in [1.165, 1.54) is 21.9 Å². The van der Waals surface area contributed by atoms with Crippen LogP contribution in [0, 0.1) is 5.82 Å². The Bertz CT molecular complexity index is 1190. The summed E-state index contributed by atoms with van der Waals surface area (Å²) in [6, 6.07) is 8.83. The molecule has 0 radical (unpaired) electrons. The molecule has 37 heavy (non-hydrogen) atoms. The van der Waals surface area contributed by atoms with Crippen molar-refractivity contribution in [3.8, 4) is 0 Å². The van der Waals surface area contributed by atoms with E-state index in [4.69, 9.17) is 16.3 Å². The summed E-state index contributed by atoms with van der Waals surface area (Å²) in [7, 11) is 1.15. The predicted octanol–water partition coefficient (Wildman–Crippen LogP) is 4.39. The van der Waals surface area contributed by atoms with Crippen LogP contribution in [-0.2, 0) is 19.1 Å². The van der Waals surface area contributed by atoms with Crippen LogP contribution in [0.3, 0.4) is 0 Å². The first-order chi connectivity index (χ1) is 17.7. The van der Waals surface area contributed by atoms with Crippen molar-refractivity contribution in [2.45, 2.75) is 37.8 Å². The average Bonchev–Trinajstić information content (AvgIpc) is 3.31. The minimum Gasteiger partial charge on any atom is -0.438 e. The Morgan fingerprint density at radius 1 is 1.08 bits per heavy atom. The summed E-state index contributed by atoms with van der Waals surface area (Å²) >= 11 is 5.89. The van der Waals surface area contributed by atoms with E-state index in [9.17, 15) is 23.6 Å². The number of likely N-dealkylation sites (tertiary alicyclic amines) is 1. The largest absolute Gasteiger partial charge is 0.508 e. The number of rotatable bonds is 5. The zero-order valence-electron chi connectivity index (χ0n) is 20.0. The van der Waals surface area contributed by atoms with Crippen molar-refractivity contribution in [3.05, 3.63) is 53.3 Å². The van der Waals surface area contributed by atoms with Gasteiger partial charge in [0.15, 0.2) is 0 Å². The molecule has 2 atom stereocenters. The Hall–Kier alpha value is -3.86. The Labute approximate surface area is 217 Å². The number of halogens is 2. The lowest BCUT2D eigenvalue weighted by Gasteiger charge is -2.27. The number of nitrogens with one attached hydrogen (secondary N) is 2. The van der Waals surface area contributed by atoms with E-state index in [-0.39, 0.29) is 24.6 Å². The van der Waals surface area contributed by atoms with Gasteiger partial charge in [0.1, 0.15) is 18.0 Å². The van der Waals surface area contributed by atoms with Gasteiger partial charge in [0.2, 0.25) is 11.8 Å². The molecule has 2 unspecified atom stereocenters. The second-order valence-corrected chi connectivity index (χ2v) is 9.13. The summed E-state index contributed by atoms with van der Waals surface area (Å²) in [5.74, 6) is -1.46. The van der Waals surface area contributed by atoms with Gasteiger partial charge in [-0.15, -0.1) is 0 Å². The Morgan fingerprint density at radius 2 is 1.84 bits per heavy atom. The Morgan fingerprint density at radius 3 is 2.51 bits per heavy atom. The van der Waals surface area contributed by atoms with Crippen LogP contribution in [0.1, 0.15) is 25.7 Å². The monoisotopic (exact) mass is 532 g/mol. The molecule has 2 aromatic carbocycles. The minimum atomic E-state index is -1.07. The second kappa shape index (κ2) is 11.5. The van der Waals surface area contributed by atoms with Crippen molar-refractivity contribution in [1.82, 2.24) is 4.90 Å². The van der Waals surface area contributed by atoms with Crippen molar-refractivity contribution in [2.24, 2.45) is 0 Å². The van der Waals surface area contributed by atoms with Crippen LogP contribution in [-0.4, -0.2) is 61.2 Å². The topological polar surface area (TPSA) is 117 Å². The molecule has 2 heterocycles. The molecule has 2 aliphatic rings. The number of hydrogen-bond acceptors (Lipinski definition) is 6. The van der Waals surface area contributed by atoms with Gasteiger partial charge in [0.05, 0.1) is 19.3 Å². The van der Waals surface area contributed by atoms with Gasteiger partial charge in [0, 0.05) is 35.8 Å². The number of ether oxygens (including phenoxy) is 2. The molecule has 2 fully saturated rings. The third-order valence-electron chi connectivity index (χ3n) is 6.20. The van der Waals surface area contributed by atoms with Crippen molar-refractivity contribution >= 4 is 52.7 Å². The lowest BCUT2D eigenvalue weighted by molar-refractivity contribution is -0.120. The molecular weight excluding hydrogens is 507 g/mol. The van der Waals surface area contributed by atoms with Crippen LogP contribution < -0.4 is 15.5 Å². The Kier molecular flexibility index (Phi) is 8.12. The normalized spacial score (nSPS) is 19.4. The summed E-state index contributed by atoms with van der Waals surface area (Å²) in [4.78, 5) is 52.7. The zero-order chi connectivity index (χ0) is 26.5. The molecule has 12 heteroatoms. The number of anilines is 3. The van der Waals surface area contributed by atoms with E-state index in [0.29, 0.717) is 29.4 Å². The number of piperidine rings is 1. The summed E-state index contributed by atoms with van der Waals surface area (Å²) < 4.78 is 24.6. The molecule has 0 bridgehead atoms. The molecule has 0 aromatic heterocycles. The molecule has 0 spiro atoms. The molecular formula is C25H26ClFN4O6. The average molecular weight is 533 g/mol. The highest BCUT2D eigenvalue weighted by molar-refractivity contribution is 6.30. The third kappa shape index (κ3) is 6.29. The molecule has 4 amide bonds. The van der Waals surface area contributed by atoms with E-state index in [0.717, 1.165) is 20.0 Å². The number of nitrogens with zero attached hydrogens (tertiary/aromatic N) is 2. The van der Waals surface area contributed by atoms with Gasteiger partial charge in [-0.25, -0.2) is 14.0 Å². The number of amides is 4. The fourth-order valence-electron chi connectivity index (χ4n) is 4.34. The van der Waals surface area contributed by atoms with Gasteiger partial charge >= 0.3 is 12.2 Å². The maximum absolute atomic E-state index is 14.9. The first-order valence-corrected chi connectivity index (χ1v) is 12.1. The molecule has 0 aliphatic carbocycles. The highest BCUT2D eigenvalue weighted by Gasteiger charge is 2.42. The minimum absolute atomic E-state index is 0.0169. The van der Waals surface area contributed by atoms with Crippen molar-refractivity contribution in [2.75, 3.05) is 35.7 Å². The zero-order valence-corrected chi connectivity index (χ0v) is 20.8. The number of carbonyl (C=O) groups is 4. The smallest absolute Gasteiger partial charge is 0.438 e. The van der Waals surface area contributed by atoms with Gasteiger partial charge in [-0.3, -0.25) is 9.59 Å². The van der Waals surface area contributed by atoms with Gasteiger partial charge in [-0.2, -0.15) is 0 Å². The van der Waals surface area contributed by atoms with Crippen molar-refractivity contribution in [1.29, 1.82) is 0 Å². The maximum atomic E-state index is 14.9. The van der Waals surface area contributed by atoms with Crippen LogP contribution >= 0.6 is 11.6 Å². The first kappa shape index (κ1) is 26.2. The number of benzene rings is 2. The first-order valence-electron chi connectivity index (χ1n) is 11.7. The summed E-state index contributed by atoms with van der Waals surface area (Å²) in [5, 5.41) is 5.67. The quantitative estimate of drug-likeness (QED) is 0.551. The number of carbonyl (C=O) groups excluding carboxylic acids is 4. The number of urea groups is 1. The summed E-state index contributed by atoms with van der Waals surface area (Å²) in [6.45, 7) is 0.427. The van der Waals surface area contributed by atoms with Gasteiger partial charge in [-0.1, -0.05) is 11.6 Å². The number of methoxy groups -OCH3 is 1. The van der Waals surface area contributed by atoms with Crippen LogP contribution in [0.2, 0.25) is 5.02 Å². The van der Waals surface area contributed by atoms with E-state index >= 15 is 0 Å². The highest BCUT2D eigenvalue weighted by atomic mass is 35.5. The summed E-state index contributed by atoms with van der Waals surface area (Å²) in [6.07, 6.45) is 0.267. The van der Waals surface area contributed by atoms with Crippen LogP contribution in [0.25, 0.3) is 0 Å². The molecule has 196 valence electrons. The van der Waals surface area contributed by atoms with Crippen molar-refractivity contribution < 1.29 is 33.0 Å². The highest BCUT2D eigenvalue weighted by Crippen LogP contribution is 2.28. The molecule has 0 saturated carbocycles. The standard InChI is InChI=1S/C25H26ClFN4O6/c1-36-25(35)37-18-13-21(31(14-18)24(34)28-16-7-5-15(26)6-8-16)23(33)29-20-10-9-17(12-19(20)27)30-11-3-2-4-22(30)32/h5-10,12,18,21H,2-4,11,13-14H2,1H3,(H,28,34)(H,29,33). The molecule has 4 rings (SSSR count). The van der Waals surface area contributed by atoms with Crippen molar-refractivity contribution in [3.63, 3.8) is 0 Å². The lowest BCUT2D eigenvalue weighted by atomic mass is 10.1. The van der Waals surface area contributed by atoms with Crippen LogP contribution in [0.15, 0.2) is 42.5 Å². The van der Waals surface area contributed by atoms with Gasteiger partial charge in [0.25, 0.3) is 0 Å². The van der Waals surface area contributed by atoms with Crippen LogP contribution in [0.5, 0.6) is 0 Å². The fraction of sp³-hybridized carbons (Fsp3) is 0.360. The summed E-state index contributed by atoms with van der Waals surface area (Å²) in [5.41, 5.74) is 0.755. The molecule has 10 nitrogen and oxygen atoms in total. The maximum Gasteiger partial charge on any atom is 0.508 e. The molecule has 2 aromatic rings. The predicted molar refractivity (Wildman–Crippen MR) is 134 cm³/mol. The molecule has 2 saturated heterocycles.